The molecule has 0 aliphatic rings. The summed E-state index contributed by atoms with van der Waals surface area (Å²) in [6, 6.07) is 18.3. The number of carbonyl (C=O) groups excluding carboxylic acids is 2. The van der Waals surface area contributed by atoms with Crippen LogP contribution >= 0.6 is 23.2 Å². The highest BCUT2D eigenvalue weighted by molar-refractivity contribution is 6.42. The fraction of sp³-hybridized carbons (Fsp3) is 0.231. The number of halogens is 2. The van der Waals surface area contributed by atoms with Crippen molar-refractivity contribution in [2.45, 2.75) is 19.9 Å². The Bertz CT molecular complexity index is 1110. The Morgan fingerprint density at radius 2 is 1.76 bits per heavy atom. The molecule has 0 atom stereocenters. The van der Waals surface area contributed by atoms with Crippen LogP contribution in [0.4, 0.5) is 0 Å². The summed E-state index contributed by atoms with van der Waals surface area (Å²) >= 11 is 12.1. The predicted molar refractivity (Wildman–Crippen MR) is 132 cm³/mol. The van der Waals surface area contributed by atoms with E-state index in [9.17, 15) is 9.59 Å². The van der Waals surface area contributed by atoms with Gasteiger partial charge < -0.3 is 14.2 Å². The summed E-state index contributed by atoms with van der Waals surface area (Å²) < 4.78 is 5.69. The minimum Gasteiger partial charge on any atom is -0.464 e. The minimum absolute atomic E-state index is 0.0976. The van der Waals surface area contributed by atoms with E-state index in [1.807, 2.05) is 49.4 Å². The van der Waals surface area contributed by atoms with Crippen LogP contribution in [0.5, 0.6) is 0 Å². The van der Waals surface area contributed by atoms with Crippen molar-refractivity contribution in [1.29, 1.82) is 0 Å². The second-order valence-electron chi connectivity index (χ2n) is 7.67. The van der Waals surface area contributed by atoms with Gasteiger partial charge in [0.05, 0.1) is 16.6 Å². The van der Waals surface area contributed by atoms with E-state index < -0.39 is 0 Å². The van der Waals surface area contributed by atoms with Gasteiger partial charge in [-0.1, -0.05) is 59.6 Å². The summed E-state index contributed by atoms with van der Waals surface area (Å²) in [6.07, 6.45) is 2.28. The van der Waals surface area contributed by atoms with Crippen molar-refractivity contribution in [2.24, 2.45) is 0 Å². The number of aryl methyl sites for hydroxylation is 1. The molecular weight excluding hydrogens is 459 g/mol. The molecule has 0 aliphatic carbocycles. The molecule has 0 radical (unpaired) electrons. The number of nitrogens with zero attached hydrogens (tertiary/aromatic N) is 2. The first-order valence-corrected chi connectivity index (χ1v) is 11.3. The molecule has 172 valence electrons. The Morgan fingerprint density at radius 3 is 2.39 bits per heavy atom. The quantitative estimate of drug-likeness (QED) is 0.342. The van der Waals surface area contributed by atoms with Crippen LogP contribution in [0.2, 0.25) is 10.0 Å². The van der Waals surface area contributed by atoms with E-state index in [0.717, 1.165) is 11.3 Å². The number of carbonyl (C=O) groups is 2. The van der Waals surface area contributed by atoms with Crippen LogP contribution in [0.1, 0.15) is 27.4 Å². The summed E-state index contributed by atoms with van der Waals surface area (Å²) in [6.45, 7) is 6.52. The largest absolute Gasteiger partial charge is 0.464 e. The van der Waals surface area contributed by atoms with E-state index in [4.69, 9.17) is 27.6 Å². The third kappa shape index (κ3) is 6.98. The minimum atomic E-state index is -0.321. The van der Waals surface area contributed by atoms with E-state index >= 15 is 0 Å². The standard InChI is InChI=1S/C26H26Cl2N2O3/c1-3-14-30(26(32)21-10-12-23(27)24(28)16-21)18-25(31)29(17-22-11-9-19(2)33-22)15-13-20-7-5-4-6-8-20/h3-12,16H,1,13-15,17-18H2,2H3. The van der Waals surface area contributed by atoms with Gasteiger partial charge in [0, 0.05) is 18.7 Å². The second-order valence-corrected chi connectivity index (χ2v) is 8.48. The number of hydrogen-bond donors (Lipinski definition) is 0. The van der Waals surface area contributed by atoms with E-state index in [0.29, 0.717) is 35.9 Å². The van der Waals surface area contributed by atoms with Gasteiger partial charge in [-0.25, -0.2) is 0 Å². The predicted octanol–water partition coefficient (Wildman–Crippen LogP) is 5.79. The summed E-state index contributed by atoms with van der Waals surface area (Å²) in [4.78, 5) is 29.6. The maximum atomic E-state index is 13.3. The van der Waals surface area contributed by atoms with E-state index in [1.54, 1.807) is 23.1 Å². The highest BCUT2D eigenvalue weighted by Crippen LogP contribution is 2.23. The number of rotatable bonds is 10. The van der Waals surface area contributed by atoms with Crippen molar-refractivity contribution in [3.63, 3.8) is 0 Å². The Balaban J connectivity index is 1.77. The molecule has 3 rings (SSSR count). The van der Waals surface area contributed by atoms with Gasteiger partial charge in [-0.3, -0.25) is 9.59 Å². The molecule has 2 amide bonds. The lowest BCUT2D eigenvalue weighted by atomic mass is 10.1. The molecule has 0 unspecified atom stereocenters. The average Bonchev–Trinajstić information content (AvgIpc) is 3.22. The molecule has 0 fully saturated rings. The maximum Gasteiger partial charge on any atom is 0.254 e. The molecule has 7 heteroatoms. The van der Waals surface area contributed by atoms with Crippen molar-refractivity contribution < 1.29 is 14.0 Å². The zero-order valence-corrected chi connectivity index (χ0v) is 20.0. The van der Waals surface area contributed by atoms with E-state index in [-0.39, 0.29) is 29.9 Å². The van der Waals surface area contributed by atoms with Gasteiger partial charge in [0.2, 0.25) is 5.91 Å². The van der Waals surface area contributed by atoms with Gasteiger partial charge in [0.15, 0.2) is 0 Å². The maximum absolute atomic E-state index is 13.3. The molecule has 0 aliphatic heterocycles. The van der Waals surface area contributed by atoms with E-state index in [2.05, 4.69) is 6.58 Å². The van der Waals surface area contributed by atoms with Gasteiger partial charge in [0.1, 0.15) is 18.1 Å². The van der Waals surface area contributed by atoms with Crippen LogP contribution in [-0.2, 0) is 17.8 Å². The Hall–Kier alpha value is -3.02. The van der Waals surface area contributed by atoms with Gasteiger partial charge >= 0.3 is 0 Å². The molecule has 1 aromatic heterocycles. The molecule has 0 saturated heterocycles. The normalized spacial score (nSPS) is 10.6. The van der Waals surface area contributed by atoms with Crippen molar-refractivity contribution in [3.05, 3.63) is 106 Å². The van der Waals surface area contributed by atoms with Crippen LogP contribution < -0.4 is 0 Å². The van der Waals surface area contributed by atoms with Gasteiger partial charge in [-0.2, -0.15) is 0 Å². The smallest absolute Gasteiger partial charge is 0.254 e. The summed E-state index contributed by atoms with van der Waals surface area (Å²) in [5.41, 5.74) is 1.48. The first-order chi connectivity index (χ1) is 15.9. The van der Waals surface area contributed by atoms with Crippen molar-refractivity contribution in [3.8, 4) is 0 Å². The van der Waals surface area contributed by atoms with Crippen molar-refractivity contribution >= 4 is 35.0 Å². The number of benzene rings is 2. The monoisotopic (exact) mass is 484 g/mol. The molecule has 0 saturated carbocycles. The Labute approximate surface area is 204 Å². The highest BCUT2D eigenvalue weighted by Gasteiger charge is 2.23. The van der Waals surface area contributed by atoms with Crippen LogP contribution in [0.15, 0.2) is 77.7 Å². The van der Waals surface area contributed by atoms with Crippen LogP contribution in [0, 0.1) is 6.92 Å². The molecule has 0 spiro atoms. The molecular formula is C26H26Cl2N2O3. The molecule has 5 nitrogen and oxygen atoms in total. The molecule has 0 bridgehead atoms. The SMILES string of the molecule is C=CCN(CC(=O)N(CCc1ccccc1)Cc1ccc(C)o1)C(=O)c1ccc(Cl)c(Cl)c1. The lowest BCUT2D eigenvalue weighted by molar-refractivity contribution is -0.132. The molecule has 0 N–H and O–H groups in total. The molecule has 3 aromatic rings. The zero-order chi connectivity index (χ0) is 23.8. The highest BCUT2D eigenvalue weighted by atomic mass is 35.5. The van der Waals surface area contributed by atoms with Gasteiger partial charge in [-0.15, -0.1) is 6.58 Å². The fourth-order valence-electron chi connectivity index (χ4n) is 3.41. The van der Waals surface area contributed by atoms with E-state index in [1.165, 1.54) is 11.0 Å². The average molecular weight is 485 g/mol. The zero-order valence-electron chi connectivity index (χ0n) is 18.5. The molecule has 2 aromatic carbocycles. The molecule has 33 heavy (non-hydrogen) atoms. The first kappa shape index (κ1) is 24.6. The lowest BCUT2D eigenvalue weighted by Gasteiger charge is -2.27. The number of furan rings is 1. The second kappa shape index (κ2) is 11.7. The number of amides is 2. The Kier molecular flexibility index (Phi) is 8.75. The van der Waals surface area contributed by atoms with Crippen molar-refractivity contribution in [2.75, 3.05) is 19.6 Å². The van der Waals surface area contributed by atoms with Gasteiger partial charge in [-0.05, 0) is 49.2 Å². The summed E-state index contributed by atoms with van der Waals surface area (Å²) in [5, 5.41) is 0.644. The fourth-order valence-corrected chi connectivity index (χ4v) is 3.71. The third-order valence-corrected chi connectivity index (χ3v) is 5.88. The summed E-state index contributed by atoms with van der Waals surface area (Å²) in [5.74, 6) is 0.970. The Morgan fingerprint density at radius 1 is 1.00 bits per heavy atom. The number of hydrogen-bond acceptors (Lipinski definition) is 3. The first-order valence-electron chi connectivity index (χ1n) is 10.6. The topological polar surface area (TPSA) is 53.8 Å². The van der Waals surface area contributed by atoms with Crippen LogP contribution in [-0.4, -0.2) is 41.2 Å². The van der Waals surface area contributed by atoms with Crippen molar-refractivity contribution in [1.82, 2.24) is 9.80 Å². The molecule has 1 heterocycles. The van der Waals surface area contributed by atoms with Crippen LogP contribution in [0.3, 0.4) is 0 Å². The third-order valence-electron chi connectivity index (χ3n) is 5.14. The summed E-state index contributed by atoms with van der Waals surface area (Å²) in [7, 11) is 0. The lowest BCUT2D eigenvalue weighted by Crippen LogP contribution is -2.43. The van der Waals surface area contributed by atoms with Gasteiger partial charge in [0.25, 0.3) is 5.91 Å². The van der Waals surface area contributed by atoms with Crippen LogP contribution in [0.25, 0.3) is 0 Å².